The van der Waals surface area contributed by atoms with Crippen LogP contribution in [0, 0.1) is 12.3 Å². The molecule has 0 spiro atoms. The van der Waals surface area contributed by atoms with Gasteiger partial charge in [-0.3, -0.25) is 4.79 Å². The van der Waals surface area contributed by atoms with E-state index >= 15 is 0 Å². The molecule has 0 saturated carbocycles. The van der Waals surface area contributed by atoms with Gasteiger partial charge in [0.25, 0.3) is 0 Å². The Kier molecular flexibility index (Phi) is 8.65. The number of amides is 1. The Hall–Kier alpha value is -1.01. The van der Waals surface area contributed by atoms with Gasteiger partial charge < -0.3 is 10.6 Å². The summed E-state index contributed by atoms with van der Waals surface area (Å²) < 4.78 is 0. The van der Waals surface area contributed by atoms with Crippen LogP contribution in [0.25, 0.3) is 0 Å². The van der Waals surface area contributed by atoms with E-state index < -0.39 is 0 Å². The average Bonchev–Trinajstić information content (AvgIpc) is 2.24. The lowest BCUT2D eigenvalue weighted by Gasteiger charge is -2.17. The molecule has 0 aliphatic carbocycles. The monoisotopic (exact) mass is 224 g/mol. The Morgan fingerprint density at radius 1 is 1.38 bits per heavy atom. The van der Waals surface area contributed by atoms with Crippen LogP contribution in [0.3, 0.4) is 0 Å². The molecule has 0 aromatic rings. The summed E-state index contributed by atoms with van der Waals surface area (Å²) in [5.41, 5.74) is 0. The van der Waals surface area contributed by atoms with Gasteiger partial charge >= 0.3 is 0 Å². The Morgan fingerprint density at radius 3 is 2.62 bits per heavy atom. The molecule has 0 aromatic heterocycles. The first-order valence-corrected chi connectivity index (χ1v) is 6.09. The summed E-state index contributed by atoms with van der Waals surface area (Å²) in [5.74, 6) is 2.63. The molecule has 0 bridgehead atoms. The molecule has 0 saturated heterocycles. The molecule has 0 rings (SSSR count). The summed E-state index contributed by atoms with van der Waals surface area (Å²) in [7, 11) is 0. The predicted molar refractivity (Wildman–Crippen MR) is 68.0 cm³/mol. The Morgan fingerprint density at radius 2 is 2.06 bits per heavy atom. The Balaban J connectivity index is 3.69. The highest BCUT2D eigenvalue weighted by Gasteiger charge is 2.13. The van der Waals surface area contributed by atoms with E-state index in [0.29, 0.717) is 6.42 Å². The third-order valence-corrected chi connectivity index (χ3v) is 2.43. The van der Waals surface area contributed by atoms with Gasteiger partial charge in [-0.1, -0.05) is 19.8 Å². The zero-order chi connectivity index (χ0) is 12.4. The fourth-order valence-corrected chi connectivity index (χ4v) is 1.48. The summed E-state index contributed by atoms with van der Waals surface area (Å²) in [6, 6.07) is 0.00590. The van der Waals surface area contributed by atoms with Crippen LogP contribution in [0.15, 0.2) is 0 Å². The van der Waals surface area contributed by atoms with Crippen molar-refractivity contribution in [2.24, 2.45) is 0 Å². The molecule has 3 heteroatoms. The van der Waals surface area contributed by atoms with Gasteiger partial charge in [0.15, 0.2) is 0 Å². The number of nitrogens with one attached hydrogen (secondary N) is 2. The summed E-state index contributed by atoms with van der Waals surface area (Å²) in [6.07, 6.45) is 9.23. The van der Waals surface area contributed by atoms with E-state index in [1.54, 1.807) is 0 Å². The molecule has 1 amide bonds. The number of carbonyl (C=O) groups excluding carboxylic acids is 1. The highest BCUT2D eigenvalue weighted by Crippen LogP contribution is 1.94. The van der Waals surface area contributed by atoms with E-state index in [-0.39, 0.29) is 18.0 Å². The zero-order valence-electron chi connectivity index (χ0n) is 10.7. The number of hydrogen-bond acceptors (Lipinski definition) is 2. The van der Waals surface area contributed by atoms with Crippen LogP contribution < -0.4 is 10.6 Å². The second-order valence-electron chi connectivity index (χ2n) is 4.20. The van der Waals surface area contributed by atoms with Crippen molar-refractivity contribution >= 4 is 5.91 Å². The van der Waals surface area contributed by atoms with E-state index in [9.17, 15) is 4.79 Å². The molecule has 92 valence electrons. The molecule has 3 nitrogen and oxygen atoms in total. The molecule has 0 aromatic carbocycles. The minimum atomic E-state index is -0.176. The molecule has 0 radical (unpaired) electrons. The van der Waals surface area contributed by atoms with Crippen molar-refractivity contribution in [3.05, 3.63) is 0 Å². The van der Waals surface area contributed by atoms with Gasteiger partial charge in [-0.2, -0.15) is 0 Å². The summed E-state index contributed by atoms with van der Waals surface area (Å²) >= 11 is 0. The van der Waals surface area contributed by atoms with Crippen LogP contribution in [-0.4, -0.2) is 24.5 Å². The van der Waals surface area contributed by atoms with Gasteiger partial charge in [0.2, 0.25) is 5.91 Å². The highest BCUT2D eigenvalue weighted by atomic mass is 16.2. The van der Waals surface area contributed by atoms with Crippen molar-refractivity contribution < 1.29 is 4.79 Å². The van der Waals surface area contributed by atoms with Gasteiger partial charge in [-0.15, -0.1) is 12.3 Å². The summed E-state index contributed by atoms with van der Waals surface area (Å²) in [6.45, 7) is 6.76. The molecule has 0 aliphatic heterocycles. The molecule has 0 heterocycles. The lowest BCUT2D eigenvalue weighted by molar-refractivity contribution is -0.122. The predicted octanol–water partition coefficient (Wildman–Crippen LogP) is 1.68. The molecule has 0 fully saturated rings. The SMILES string of the molecule is C#CCC(C)NC(C)C(=O)NCCCCC. The second-order valence-corrected chi connectivity index (χ2v) is 4.20. The molecule has 2 N–H and O–H groups in total. The summed E-state index contributed by atoms with van der Waals surface area (Å²) in [5, 5.41) is 6.08. The van der Waals surface area contributed by atoms with Crippen molar-refractivity contribution in [2.75, 3.05) is 6.54 Å². The largest absolute Gasteiger partial charge is 0.355 e. The number of unbranched alkanes of at least 4 members (excludes halogenated alkanes) is 2. The second kappa shape index (κ2) is 9.23. The van der Waals surface area contributed by atoms with Gasteiger partial charge in [0.05, 0.1) is 6.04 Å². The first-order chi connectivity index (χ1) is 7.61. The molecular formula is C13H24N2O. The summed E-state index contributed by atoms with van der Waals surface area (Å²) in [4.78, 5) is 11.6. The number of rotatable bonds is 8. The smallest absolute Gasteiger partial charge is 0.236 e. The minimum Gasteiger partial charge on any atom is -0.355 e. The maximum atomic E-state index is 11.6. The van der Waals surface area contributed by atoms with Crippen molar-refractivity contribution in [2.45, 2.75) is 58.5 Å². The van der Waals surface area contributed by atoms with Gasteiger partial charge in [0, 0.05) is 19.0 Å². The van der Waals surface area contributed by atoms with Gasteiger partial charge in [-0.25, -0.2) is 0 Å². The van der Waals surface area contributed by atoms with Crippen LogP contribution in [0.1, 0.15) is 46.5 Å². The van der Waals surface area contributed by atoms with Crippen molar-refractivity contribution in [1.29, 1.82) is 0 Å². The van der Waals surface area contributed by atoms with E-state index in [2.05, 4.69) is 23.5 Å². The van der Waals surface area contributed by atoms with Crippen LogP contribution >= 0.6 is 0 Å². The Labute approximate surface area is 99.4 Å². The first kappa shape index (κ1) is 15.0. The standard InChI is InChI=1S/C13H24N2O/c1-5-7-8-10-14-13(16)12(4)15-11(3)9-6-2/h2,11-12,15H,5,7-10H2,1,3-4H3,(H,14,16). The molecule has 16 heavy (non-hydrogen) atoms. The van der Waals surface area contributed by atoms with Gasteiger partial charge in [-0.05, 0) is 20.3 Å². The normalized spacial score (nSPS) is 13.9. The number of carbonyl (C=O) groups is 1. The lowest BCUT2D eigenvalue weighted by Crippen LogP contribution is -2.45. The fraction of sp³-hybridized carbons (Fsp3) is 0.769. The maximum absolute atomic E-state index is 11.6. The zero-order valence-corrected chi connectivity index (χ0v) is 10.7. The van der Waals surface area contributed by atoms with Crippen LogP contribution in [0.4, 0.5) is 0 Å². The first-order valence-electron chi connectivity index (χ1n) is 6.09. The van der Waals surface area contributed by atoms with Crippen molar-refractivity contribution in [3.63, 3.8) is 0 Å². The van der Waals surface area contributed by atoms with E-state index in [1.165, 1.54) is 6.42 Å². The third kappa shape index (κ3) is 7.30. The van der Waals surface area contributed by atoms with Crippen molar-refractivity contribution in [1.82, 2.24) is 10.6 Å². The average molecular weight is 224 g/mol. The maximum Gasteiger partial charge on any atom is 0.236 e. The van der Waals surface area contributed by atoms with Crippen LogP contribution in [-0.2, 0) is 4.79 Å². The van der Waals surface area contributed by atoms with Crippen LogP contribution in [0.5, 0.6) is 0 Å². The lowest BCUT2D eigenvalue weighted by atomic mass is 10.2. The highest BCUT2D eigenvalue weighted by molar-refractivity contribution is 5.81. The van der Waals surface area contributed by atoms with Crippen molar-refractivity contribution in [3.8, 4) is 12.3 Å². The van der Waals surface area contributed by atoms with E-state index in [0.717, 1.165) is 19.4 Å². The molecule has 0 aliphatic rings. The third-order valence-electron chi connectivity index (χ3n) is 2.43. The molecule has 2 atom stereocenters. The van der Waals surface area contributed by atoms with Crippen LogP contribution in [0.2, 0.25) is 0 Å². The van der Waals surface area contributed by atoms with Gasteiger partial charge in [0.1, 0.15) is 0 Å². The number of hydrogen-bond donors (Lipinski definition) is 2. The quantitative estimate of drug-likeness (QED) is 0.486. The van der Waals surface area contributed by atoms with E-state index in [4.69, 9.17) is 6.42 Å². The minimum absolute atomic E-state index is 0.0555. The Bertz CT molecular complexity index is 233. The molecule has 2 unspecified atom stereocenters. The van der Waals surface area contributed by atoms with E-state index in [1.807, 2.05) is 13.8 Å². The molecular weight excluding hydrogens is 200 g/mol. The topological polar surface area (TPSA) is 41.1 Å². The number of terminal acetylenes is 1. The fourth-order valence-electron chi connectivity index (χ4n) is 1.48.